The Balaban J connectivity index is 2.10. The van der Waals surface area contributed by atoms with Gasteiger partial charge in [0.25, 0.3) is 0 Å². The lowest BCUT2D eigenvalue weighted by molar-refractivity contribution is 0.248. The second-order valence-corrected chi connectivity index (χ2v) is 6.00. The fraction of sp³-hybridized carbons (Fsp3) is 0.625. The van der Waals surface area contributed by atoms with Crippen LogP contribution < -0.4 is 5.73 Å². The minimum Gasteiger partial charge on any atom is -0.328 e. The van der Waals surface area contributed by atoms with E-state index in [9.17, 15) is 0 Å². The molecule has 2 nitrogen and oxygen atoms in total. The highest BCUT2D eigenvalue weighted by Gasteiger charge is 2.28. The lowest BCUT2D eigenvalue weighted by Gasteiger charge is -2.26. The van der Waals surface area contributed by atoms with Gasteiger partial charge in [0.1, 0.15) is 0 Å². The molecule has 0 spiro atoms. The van der Waals surface area contributed by atoms with Gasteiger partial charge in [-0.25, -0.2) is 0 Å². The molecule has 1 aromatic rings. The predicted octanol–water partition coefficient (Wildman–Crippen LogP) is 3.03. The van der Waals surface area contributed by atoms with Crippen molar-refractivity contribution in [3.63, 3.8) is 0 Å². The Morgan fingerprint density at radius 2 is 1.78 bits per heavy atom. The van der Waals surface area contributed by atoms with Gasteiger partial charge in [-0.3, -0.25) is 4.90 Å². The molecule has 2 N–H and O–H groups in total. The van der Waals surface area contributed by atoms with E-state index in [1.165, 1.54) is 29.7 Å². The van der Waals surface area contributed by atoms with E-state index in [1.807, 2.05) is 0 Å². The molecule has 2 heteroatoms. The summed E-state index contributed by atoms with van der Waals surface area (Å²) in [5, 5.41) is 0. The first-order valence-electron chi connectivity index (χ1n) is 7.05. The van der Waals surface area contributed by atoms with Gasteiger partial charge in [-0.05, 0) is 52.1 Å². The fourth-order valence-corrected chi connectivity index (χ4v) is 3.06. The van der Waals surface area contributed by atoms with Crippen molar-refractivity contribution in [2.75, 3.05) is 13.1 Å². The third-order valence-corrected chi connectivity index (χ3v) is 4.27. The van der Waals surface area contributed by atoms with Gasteiger partial charge in [-0.15, -0.1) is 0 Å². The zero-order valence-corrected chi connectivity index (χ0v) is 12.1. The highest BCUT2D eigenvalue weighted by Crippen LogP contribution is 2.29. The second-order valence-electron chi connectivity index (χ2n) is 6.00. The molecular formula is C16H26N2. The Morgan fingerprint density at radius 1 is 1.17 bits per heavy atom. The van der Waals surface area contributed by atoms with Gasteiger partial charge in [-0.1, -0.05) is 29.3 Å². The number of benzene rings is 1. The van der Waals surface area contributed by atoms with E-state index in [0.717, 1.165) is 6.54 Å². The smallest absolute Gasteiger partial charge is 0.0320 e. The summed E-state index contributed by atoms with van der Waals surface area (Å²) in [6.07, 6.45) is 1.24. The van der Waals surface area contributed by atoms with E-state index in [1.54, 1.807) is 0 Å². The van der Waals surface area contributed by atoms with E-state index >= 15 is 0 Å². The number of likely N-dealkylation sites (tertiary alicyclic amines) is 1. The van der Waals surface area contributed by atoms with Crippen LogP contribution in [0.1, 0.15) is 43.0 Å². The maximum absolute atomic E-state index is 6.02. The molecule has 0 aromatic heterocycles. The minimum absolute atomic E-state index is 0.321. The van der Waals surface area contributed by atoms with Crippen LogP contribution in [0.5, 0.6) is 0 Å². The summed E-state index contributed by atoms with van der Waals surface area (Å²) in [5.74, 6) is 0.665. The third-order valence-electron chi connectivity index (χ3n) is 4.27. The van der Waals surface area contributed by atoms with Crippen molar-refractivity contribution >= 4 is 0 Å². The Bertz CT molecular complexity index is 391. The van der Waals surface area contributed by atoms with Gasteiger partial charge in [0.05, 0.1) is 0 Å². The van der Waals surface area contributed by atoms with Crippen molar-refractivity contribution in [2.24, 2.45) is 11.7 Å². The first kappa shape index (κ1) is 13.6. The van der Waals surface area contributed by atoms with E-state index in [-0.39, 0.29) is 0 Å². The Labute approximate surface area is 111 Å². The lowest BCUT2D eigenvalue weighted by Crippen LogP contribution is -2.31. The van der Waals surface area contributed by atoms with Gasteiger partial charge in [0, 0.05) is 18.6 Å². The maximum atomic E-state index is 6.02. The molecule has 0 aliphatic carbocycles. The van der Waals surface area contributed by atoms with Crippen LogP contribution in [-0.4, -0.2) is 24.0 Å². The first-order valence-corrected chi connectivity index (χ1v) is 7.05. The Hall–Kier alpha value is -0.860. The van der Waals surface area contributed by atoms with Crippen LogP contribution in [0.15, 0.2) is 18.2 Å². The van der Waals surface area contributed by atoms with Crippen molar-refractivity contribution in [1.82, 2.24) is 4.90 Å². The van der Waals surface area contributed by atoms with Gasteiger partial charge in [0.2, 0.25) is 0 Å². The molecule has 2 rings (SSSR count). The first-order chi connectivity index (χ1) is 8.47. The van der Waals surface area contributed by atoms with Gasteiger partial charge in [0.15, 0.2) is 0 Å². The minimum atomic E-state index is 0.321. The number of hydrogen-bond donors (Lipinski definition) is 1. The zero-order chi connectivity index (χ0) is 13.3. The molecule has 1 saturated heterocycles. The lowest BCUT2D eigenvalue weighted by atomic mass is 10.0. The molecule has 3 unspecified atom stereocenters. The van der Waals surface area contributed by atoms with E-state index < -0.39 is 0 Å². The summed E-state index contributed by atoms with van der Waals surface area (Å²) in [7, 11) is 0. The number of rotatable bonds is 3. The Morgan fingerprint density at radius 3 is 2.28 bits per heavy atom. The highest BCUT2D eigenvalue weighted by molar-refractivity contribution is 5.30. The number of aryl methyl sites for hydroxylation is 2. The van der Waals surface area contributed by atoms with Crippen molar-refractivity contribution in [3.8, 4) is 0 Å². The third kappa shape index (κ3) is 2.93. The monoisotopic (exact) mass is 246 g/mol. The molecule has 1 aliphatic heterocycles. The Kier molecular flexibility index (Phi) is 4.08. The van der Waals surface area contributed by atoms with Crippen LogP contribution in [-0.2, 0) is 0 Å². The van der Waals surface area contributed by atoms with E-state index in [2.05, 4.69) is 50.8 Å². The molecular weight excluding hydrogens is 220 g/mol. The molecule has 1 fully saturated rings. The molecule has 1 aliphatic rings. The van der Waals surface area contributed by atoms with Crippen LogP contribution >= 0.6 is 0 Å². The van der Waals surface area contributed by atoms with Crippen LogP contribution in [0.25, 0.3) is 0 Å². The molecule has 3 atom stereocenters. The van der Waals surface area contributed by atoms with Gasteiger partial charge < -0.3 is 5.73 Å². The fourth-order valence-electron chi connectivity index (χ4n) is 3.06. The molecule has 100 valence electrons. The average molecular weight is 246 g/mol. The molecule has 0 radical (unpaired) electrons. The summed E-state index contributed by atoms with van der Waals surface area (Å²) in [4.78, 5) is 2.57. The second kappa shape index (κ2) is 5.41. The van der Waals surface area contributed by atoms with Gasteiger partial charge >= 0.3 is 0 Å². The topological polar surface area (TPSA) is 29.3 Å². The standard InChI is InChI=1S/C16H26N2/c1-11-7-12(2)9-16(8-11)14(4)18-6-5-15(10-18)13(3)17/h7-9,13-15H,5-6,10,17H2,1-4H3. The van der Waals surface area contributed by atoms with Crippen LogP contribution in [0.2, 0.25) is 0 Å². The van der Waals surface area contributed by atoms with Crippen molar-refractivity contribution < 1.29 is 0 Å². The molecule has 1 aromatic carbocycles. The predicted molar refractivity (Wildman–Crippen MR) is 77.7 cm³/mol. The molecule has 0 amide bonds. The maximum Gasteiger partial charge on any atom is 0.0320 e. The largest absolute Gasteiger partial charge is 0.328 e. The summed E-state index contributed by atoms with van der Waals surface area (Å²) < 4.78 is 0. The van der Waals surface area contributed by atoms with E-state index in [0.29, 0.717) is 18.0 Å². The molecule has 1 heterocycles. The quantitative estimate of drug-likeness (QED) is 0.888. The highest BCUT2D eigenvalue weighted by atomic mass is 15.2. The summed E-state index contributed by atoms with van der Waals surface area (Å²) in [6.45, 7) is 11.1. The van der Waals surface area contributed by atoms with Crippen LogP contribution in [0.3, 0.4) is 0 Å². The average Bonchev–Trinajstić information content (AvgIpc) is 2.75. The van der Waals surface area contributed by atoms with Crippen LogP contribution in [0, 0.1) is 19.8 Å². The molecule has 18 heavy (non-hydrogen) atoms. The summed E-state index contributed by atoms with van der Waals surface area (Å²) >= 11 is 0. The van der Waals surface area contributed by atoms with Crippen molar-refractivity contribution in [1.29, 1.82) is 0 Å². The summed E-state index contributed by atoms with van der Waals surface area (Å²) in [6, 6.07) is 7.70. The molecule has 0 saturated carbocycles. The SMILES string of the molecule is Cc1cc(C)cc(C(C)N2CCC(C(C)N)C2)c1. The van der Waals surface area contributed by atoms with Gasteiger partial charge in [-0.2, -0.15) is 0 Å². The van der Waals surface area contributed by atoms with Crippen molar-refractivity contribution in [2.45, 2.75) is 46.2 Å². The number of nitrogens with zero attached hydrogens (tertiary/aromatic N) is 1. The number of nitrogens with two attached hydrogens (primary N) is 1. The zero-order valence-electron chi connectivity index (χ0n) is 12.1. The van der Waals surface area contributed by atoms with Crippen molar-refractivity contribution in [3.05, 3.63) is 34.9 Å². The van der Waals surface area contributed by atoms with Crippen LogP contribution in [0.4, 0.5) is 0 Å². The van der Waals surface area contributed by atoms with E-state index in [4.69, 9.17) is 5.73 Å². The summed E-state index contributed by atoms with van der Waals surface area (Å²) in [5.41, 5.74) is 10.2. The number of hydrogen-bond acceptors (Lipinski definition) is 2. The molecule has 0 bridgehead atoms. The normalized spacial score (nSPS) is 24.2.